The summed E-state index contributed by atoms with van der Waals surface area (Å²) in [5.41, 5.74) is 2.10. The van der Waals surface area contributed by atoms with E-state index in [-0.39, 0.29) is 0 Å². The van der Waals surface area contributed by atoms with Crippen LogP contribution in [0.2, 0.25) is 5.02 Å². The lowest BCUT2D eigenvalue weighted by Gasteiger charge is -2.09. The van der Waals surface area contributed by atoms with Crippen molar-refractivity contribution in [3.63, 3.8) is 0 Å². The number of benzene rings is 1. The monoisotopic (exact) mass is 185 g/mol. The minimum atomic E-state index is 0.459. The first-order valence-electron chi connectivity index (χ1n) is 3.74. The van der Waals surface area contributed by atoms with Crippen LogP contribution < -0.4 is 0 Å². The molecule has 0 heterocycles. The smallest absolute Gasteiger partial charge is 0.0500 e. The molecule has 0 saturated carbocycles. The molecular weight excluding hydrogens is 174 g/mol. The SMILES string of the molecule is Cc1ccc(Cl)c(CN(C)O)c1. The highest BCUT2D eigenvalue weighted by Crippen LogP contribution is 2.17. The van der Waals surface area contributed by atoms with Gasteiger partial charge in [0.15, 0.2) is 0 Å². The lowest BCUT2D eigenvalue weighted by molar-refractivity contribution is -0.0731. The average Bonchev–Trinajstić information content (AvgIpc) is 1.96. The number of nitrogens with zero attached hydrogens (tertiary/aromatic N) is 1. The van der Waals surface area contributed by atoms with Crippen molar-refractivity contribution in [2.75, 3.05) is 7.05 Å². The summed E-state index contributed by atoms with van der Waals surface area (Å²) in [5.74, 6) is 0. The van der Waals surface area contributed by atoms with Gasteiger partial charge in [-0.25, -0.2) is 0 Å². The molecule has 0 aromatic heterocycles. The van der Waals surface area contributed by atoms with Gasteiger partial charge in [-0.1, -0.05) is 29.3 Å². The maximum Gasteiger partial charge on any atom is 0.0500 e. The molecule has 1 N–H and O–H groups in total. The number of rotatable bonds is 2. The lowest BCUT2D eigenvalue weighted by atomic mass is 10.1. The molecule has 0 amide bonds. The Balaban J connectivity index is 2.90. The van der Waals surface area contributed by atoms with Gasteiger partial charge in [0, 0.05) is 18.6 Å². The molecule has 3 heteroatoms. The first kappa shape index (κ1) is 9.52. The second-order valence-electron chi connectivity index (χ2n) is 2.91. The Morgan fingerprint density at radius 1 is 1.50 bits per heavy atom. The largest absolute Gasteiger partial charge is 0.314 e. The van der Waals surface area contributed by atoms with E-state index in [0.29, 0.717) is 11.6 Å². The van der Waals surface area contributed by atoms with Crippen LogP contribution >= 0.6 is 11.6 Å². The predicted octanol–water partition coefficient (Wildman–Crippen LogP) is 2.47. The summed E-state index contributed by atoms with van der Waals surface area (Å²) < 4.78 is 0. The van der Waals surface area contributed by atoms with E-state index < -0.39 is 0 Å². The van der Waals surface area contributed by atoms with Crippen LogP contribution in [0.4, 0.5) is 0 Å². The summed E-state index contributed by atoms with van der Waals surface area (Å²) in [6.07, 6.45) is 0. The summed E-state index contributed by atoms with van der Waals surface area (Å²) in [6, 6.07) is 5.76. The van der Waals surface area contributed by atoms with E-state index in [9.17, 15) is 0 Å². The van der Waals surface area contributed by atoms with Crippen molar-refractivity contribution in [1.29, 1.82) is 0 Å². The van der Waals surface area contributed by atoms with Crippen molar-refractivity contribution < 1.29 is 5.21 Å². The Kier molecular flexibility index (Phi) is 3.09. The highest BCUT2D eigenvalue weighted by Gasteiger charge is 2.01. The van der Waals surface area contributed by atoms with Crippen LogP contribution in [0.25, 0.3) is 0 Å². The first-order chi connectivity index (χ1) is 5.59. The van der Waals surface area contributed by atoms with E-state index in [1.807, 2.05) is 25.1 Å². The van der Waals surface area contributed by atoms with E-state index >= 15 is 0 Å². The molecule has 0 radical (unpaired) electrons. The zero-order chi connectivity index (χ0) is 9.14. The van der Waals surface area contributed by atoms with E-state index in [4.69, 9.17) is 16.8 Å². The van der Waals surface area contributed by atoms with Gasteiger partial charge in [-0.3, -0.25) is 0 Å². The van der Waals surface area contributed by atoms with Crippen LogP contribution in [0.15, 0.2) is 18.2 Å². The summed E-state index contributed by atoms with van der Waals surface area (Å²) in [4.78, 5) is 0. The summed E-state index contributed by atoms with van der Waals surface area (Å²) in [6.45, 7) is 2.46. The molecule has 1 aromatic carbocycles. The minimum absolute atomic E-state index is 0.459. The number of hydroxylamine groups is 2. The van der Waals surface area contributed by atoms with Crippen molar-refractivity contribution >= 4 is 11.6 Å². The molecule has 1 rings (SSSR count). The van der Waals surface area contributed by atoms with Crippen LogP contribution in [-0.4, -0.2) is 17.3 Å². The molecule has 66 valence electrons. The van der Waals surface area contributed by atoms with Gasteiger partial charge in [0.25, 0.3) is 0 Å². The zero-order valence-corrected chi connectivity index (χ0v) is 7.97. The van der Waals surface area contributed by atoms with E-state index in [1.165, 1.54) is 0 Å². The minimum Gasteiger partial charge on any atom is -0.314 e. The van der Waals surface area contributed by atoms with Gasteiger partial charge < -0.3 is 5.21 Å². The van der Waals surface area contributed by atoms with Crippen molar-refractivity contribution in [3.8, 4) is 0 Å². The van der Waals surface area contributed by atoms with Gasteiger partial charge >= 0.3 is 0 Å². The fourth-order valence-corrected chi connectivity index (χ4v) is 1.25. The lowest BCUT2D eigenvalue weighted by Crippen LogP contribution is -2.11. The Labute approximate surface area is 77.3 Å². The maximum absolute atomic E-state index is 9.00. The highest BCUT2D eigenvalue weighted by atomic mass is 35.5. The number of hydrogen-bond acceptors (Lipinski definition) is 2. The van der Waals surface area contributed by atoms with Crippen molar-refractivity contribution in [3.05, 3.63) is 34.3 Å². The van der Waals surface area contributed by atoms with Gasteiger partial charge in [-0.05, 0) is 18.6 Å². The predicted molar refractivity (Wildman–Crippen MR) is 49.4 cm³/mol. The third kappa shape index (κ3) is 2.48. The summed E-state index contributed by atoms with van der Waals surface area (Å²) >= 11 is 5.90. The molecule has 0 atom stereocenters. The first-order valence-corrected chi connectivity index (χ1v) is 4.12. The normalized spacial score (nSPS) is 10.8. The van der Waals surface area contributed by atoms with Gasteiger partial charge in [-0.15, -0.1) is 0 Å². The standard InChI is InChI=1S/C9H12ClNO/c1-7-3-4-9(10)8(5-7)6-11(2)12/h3-5,12H,6H2,1-2H3. The topological polar surface area (TPSA) is 23.5 Å². The van der Waals surface area contributed by atoms with Crippen molar-refractivity contribution in [2.45, 2.75) is 13.5 Å². The molecule has 2 nitrogen and oxygen atoms in total. The van der Waals surface area contributed by atoms with Crippen LogP contribution in [0.3, 0.4) is 0 Å². The van der Waals surface area contributed by atoms with Crippen molar-refractivity contribution in [2.24, 2.45) is 0 Å². The van der Waals surface area contributed by atoms with Crippen molar-refractivity contribution in [1.82, 2.24) is 5.06 Å². The third-order valence-electron chi connectivity index (χ3n) is 1.60. The molecule has 0 fully saturated rings. The summed E-state index contributed by atoms with van der Waals surface area (Å²) in [5, 5.41) is 10.8. The van der Waals surface area contributed by atoms with E-state index in [0.717, 1.165) is 16.2 Å². The van der Waals surface area contributed by atoms with Gasteiger partial charge in [0.1, 0.15) is 0 Å². The molecule has 0 aliphatic heterocycles. The van der Waals surface area contributed by atoms with Crippen LogP contribution in [-0.2, 0) is 6.54 Å². The molecular formula is C9H12ClNO. The maximum atomic E-state index is 9.00. The van der Waals surface area contributed by atoms with Gasteiger partial charge in [-0.2, -0.15) is 5.06 Å². The summed E-state index contributed by atoms with van der Waals surface area (Å²) in [7, 11) is 1.60. The quantitative estimate of drug-likeness (QED) is 0.716. The molecule has 0 aliphatic carbocycles. The number of aryl methyl sites for hydroxylation is 1. The fraction of sp³-hybridized carbons (Fsp3) is 0.333. The Bertz CT molecular complexity index is 273. The second kappa shape index (κ2) is 3.90. The van der Waals surface area contributed by atoms with Crippen LogP contribution in [0, 0.1) is 6.92 Å². The average molecular weight is 186 g/mol. The molecule has 0 saturated heterocycles. The van der Waals surface area contributed by atoms with Crippen LogP contribution in [0.5, 0.6) is 0 Å². The zero-order valence-electron chi connectivity index (χ0n) is 7.21. The molecule has 12 heavy (non-hydrogen) atoms. The Morgan fingerprint density at radius 2 is 2.17 bits per heavy atom. The Morgan fingerprint density at radius 3 is 2.75 bits per heavy atom. The highest BCUT2D eigenvalue weighted by molar-refractivity contribution is 6.31. The van der Waals surface area contributed by atoms with Crippen LogP contribution in [0.1, 0.15) is 11.1 Å². The molecule has 0 bridgehead atoms. The second-order valence-corrected chi connectivity index (χ2v) is 3.32. The molecule has 1 aromatic rings. The van der Waals surface area contributed by atoms with Gasteiger partial charge in [0.05, 0.1) is 0 Å². The molecule has 0 unspecified atom stereocenters. The third-order valence-corrected chi connectivity index (χ3v) is 1.97. The number of halogens is 1. The Hall–Kier alpha value is -0.570. The molecule has 0 spiro atoms. The van der Waals surface area contributed by atoms with E-state index in [2.05, 4.69) is 0 Å². The molecule has 0 aliphatic rings. The number of hydrogen-bond donors (Lipinski definition) is 1. The fourth-order valence-electron chi connectivity index (χ4n) is 1.07. The van der Waals surface area contributed by atoms with E-state index in [1.54, 1.807) is 7.05 Å². The van der Waals surface area contributed by atoms with Gasteiger partial charge in [0.2, 0.25) is 0 Å².